The van der Waals surface area contributed by atoms with E-state index in [2.05, 4.69) is 21.3 Å². The summed E-state index contributed by atoms with van der Waals surface area (Å²) in [6.45, 7) is 5.93. The number of benzene rings is 1. The third-order valence-electron chi connectivity index (χ3n) is 4.83. The quantitative estimate of drug-likeness (QED) is 0.765. The zero-order valence-electron chi connectivity index (χ0n) is 15.9. The Hall–Kier alpha value is -1.69. The number of halogens is 2. The molecule has 1 fully saturated rings. The van der Waals surface area contributed by atoms with Gasteiger partial charge in [0.25, 0.3) is 0 Å². The predicted octanol–water partition coefficient (Wildman–Crippen LogP) is 4.19. The number of nitrogens with one attached hydrogen (secondary N) is 1. The molecule has 0 amide bonds. The van der Waals surface area contributed by atoms with Crippen LogP contribution < -0.4 is 10.1 Å². The number of ether oxygens (including phenoxy) is 1. The van der Waals surface area contributed by atoms with Crippen LogP contribution in [0.4, 0.5) is 4.39 Å². The van der Waals surface area contributed by atoms with Gasteiger partial charge >= 0.3 is 0 Å². The Balaban J connectivity index is 0.00000261. The van der Waals surface area contributed by atoms with Gasteiger partial charge in [0, 0.05) is 25.3 Å². The fraction of sp³-hybridized carbons (Fsp3) is 0.476. The second-order valence-corrected chi connectivity index (χ2v) is 6.76. The minimum atomic E-state index is -0.287. The van der Waals surface area contributed by atoms with Gasteiger partial charge in [-0.25, -0.2) is 4.39 Å². The van der Waals surface area contributed by atoms with E-state index in [0.717, 1.165) is 43.7 Å². The van der Waals surface area contributed by atoms with Crippen molar-refractivity contribution in [2.75, 3.05) is 19.7 Å². The molecule has 0 radical (unpaired) electrons. The Morgan fingerprint density at radius 3 is 2.81 bits per heavy atom. The molecule has 27 heavy (non-hydrogen) atoms. The molecule has 0 bridgehead atoms. The molecule has 2 aromatic rings. The number of aromatic nitrogens is 1. The predicted molar refractivity (Wildman–Crippen MR) is 109 cm³/mol. The highest BCUT2D eigenvalue weighted by Gasteiger charge is 2.21. The normalized spacial score (nSPS) is 17.2. The Bertz CT molecular complexity index is 678. The van der Waals surface area contributed by atoms with E-state index in [0.29, 0.717) is 24.9 Å². The summed E-state index contributed by atoms with van der Waals surface area (Å²) < 4.78 is 19.6. The summed E-state index contributed by atoms with van der Waals surface area (Å²) in [7, 11) is 0. The van der Waals surface area contributed by atoms with Crippen LogP contribution in [0.15, 0.2) is 42.6 Å². The van der Waals surface area contributed by atoms with E-state index < -0.39 is 0 Å². The topological polar surface area (TPSA) is 37.4 Å². The van der Waals surface area contributed by atoms with Crippen LogP contribution in [0.5, 0.6) is 5.75 Å². The molecular formula is C21H29ClFN3O. The number of rotatable bonds is 7. The molecule has 1 N–H and O–H groups in total. The lowest BCUT2D eigenvalue weighted by Gasteiger charge is -2.31. The van der Waals surface area contributed by atoms with E-state index in [1.807, 2.05) is 31.3 Å². The van der Waals surface area contributed by atoms with Gasteiger partial charge in [-0.3, -0.25) is 9.88 Å². The maximum atomic E-state index is 14.3. The Morgan fingerprint density at radius 2 is 2.07 bits per heavy atom. The lowest BCUT2D eigenvalue weighted by molar-refractivity contribution is 0.162. The molecule has 1 aromatic heterocycles. The number of hydrogen-bond donors (Lipinski definition) is 1. The number of nitrogens with zero attached hydrogens (tertiary/aromatic N) is 2. The third-order valence-corrected chi connectivity index (χ3v) is 4.83. The smallest absolute Gasteiger partial charge is 0.165 e. The largest absolute Gasteiger partial charge is 0.491 e. The fourth-order valence-electron chi connectivity index (χ4n) is 3.53. The second kappa shape index (κ2) is 11.2. The second-order valence-electron chi connectivity index (χ2n) is 6.76. The number of pyridine rings is 1. The van der Waals surface area contributed by atoms with E-state index in [-0.39, 0.29) is 18.2 Å². The van der Waals surface area contributed by atoms with Gasteiger partial charge in [-0.2, -0.15) is 0 Å². The van der Waals surface area contributed by atoms with Crippen LogP contribution in [0, 0.1) is 5.82 Å². The first-order valence-electron chi connectivity index (χ1n) is 9.52. The summed E-state index contributed by atoms with van der Waals surface area (Å²) in [4.78, 5) is 6.92. The van der Waals surface area contributed by atoms with E-state index in [1.54, 1.807) is 12.1 Å². The van der Waals surface area contributed by atoms with Gasteiger partial charge in [0.15, 0.2) is 11.6 Å². The van der Waals surface area contributed by atoms with Crippen molar-refractivity contribution in [1.29, 1.82) is 0 Å². The van der Waals surface area contributed by atoms with Crippen LogP contribution in [0.1, 0.15) is 37.4 Å². The van der Waals surface area contributed by atoms with Crippen LogP contribution in [0.2, 0.25) is 0 Å². The van der Waals surface area contributed by atoms with E-state index in [9.17, 15) is 4.39 Å². The average molecular weight is 394 g/mol. The first-order chi connectivity index (χ1) is 12.8. The Kier molecular flexibility index (Phi) is 8.98. The van der Waals surface area contributed by atoms with Crippen molar-refractivity contribution < 1.29 is 9.13 Å². The lowest BCUT2D eigenvalue weighted by Crippen LogP contribution is -2.35. The van der Waals surface area contributed by atoms with Crippen LogP contribution in [-0.4, -0.2) is 35.6 Å². The van der Waals surface area contributed by atoms with Crippen LogP contribution in [0.25, 0.3) is 0 Å². The fourth-order valence-corrected chi connectivity index (χ4v) is 3.53. The molecule has 148 valence electrons. The molecule has 1 atom stereocenters. The Morgan fingerprint density at radius 1 is 1.19 bits per heavy atom. The van der Waals surface area contributed by atoms with Crippen molar-refractivity contribution in [3.05, 3.63) is 59.7 Å². The average Bonchev–Trinajstić information content (AvgIpc) is 2.94. The molecule has 3 rings (SSSR count). The highest BCUT2D eigenvalue weighted by molar-refractivity contribution is 5.85. The summed E-state index contributed by atoms with van der Waals surface area (Å²) in [5, 5.41) is 3.47. The molecule has 4 nitrogen and oxygen atoms in total. The van der Waals surface area contributed by atoms with Crippen molar-refractivity contribution in [3.63, 3.8) is 0 Å². The molecule has 0 aliphatic carbocycles. The maximum absolute atomic E-state index is 14.3. The maximum Gasteiger partial charge on any atom is 0.165 e. The van der Waals surface area contributed by atoms with Crippen molar-refractivity contribution in [2.24, 2.45) is 0 Å². The van der Waals surface area contributed by atoms with E-state index in [1.165, 1.54) is 6.42 Å². The Labute approximate surface area is 167 Å². The van der Waals surface area contributed by atoms with E-state index in [4.69, 9.17) is 4.74 Å². The molecule has 0 spiro atoms. The number of hydrogen-bond acceptors (Lipinski definition) is 4. The zero-order valence-corrected chi connectivity index (χ0v) is 16.7. The van der Waals surface area contributed by atoms with Gasteiger partial charge in [-0.05, 0) is 69.1 Å². The van der Waals surface area contributed by atoms with Gasteiger partial charge in [0.2, 0.25) is 0 Å². The van der Waals surface area contributed by atoms with Gasteiger partial charge < -0.3 is 10.1 Å². The molecule has 1 saturated heterocycles. The molecule has 1 aliphatic heterocycles. The molecule has 1 aromatic carbocycles. The van der Waals surface area contributed by atoms with Crippen LogP contribution in [-0.2, 0) is 13.1 Å². The third kappa shape index (κ3) is 6.45. The molecule has 1 unspecified atom stereocenters. The summed E-state index contributed by atoms with van der Waals surface area (Å²) in [6.07, 6.45) is 5.26. The van der Waals surface area contributed by atoms with Crippen molar-refractivity contribution in [3.8, 4) is 5.75 Å². The standard InChI is InChI=1S/C21H28FN3O.ClH/c1-2-26-21-9-8-17(14-20(21)22)15-25(16-18-6-3-4-12-24-18)19-7-5-11-23-13-10-19;/h3-4,6,8-9,12,14,19,23H,2,5,7,10-11,13,15-16H2,1H3;1H. The highest BCUT2D eigenvalue weighted by atomic mass is 35.5. The summed E-state index contributed by atoms with van der Waals surface area (Å²) >= 11 is 0. The monoisotopic (exact) mass is 393 g/mol. The van der Waals surface area contributed by atoms with Crippen LogP contribution >= 0.6 is 12.4 Å². The molecule has 0 saturated carbocycles. The lowest BCUT2D eigenvalue weighted by atomic mass is 10.1. The first kappa shape index (κ1) is 21.6. The molecular weight excluding hydrogens is 365 g/mol. The summed E-state index contributed by atoms with van der Waals surface area (Å²) in [5.74, 6) is 0.0378. The van der Waals surface area contributed by atoms with Gasteiger partial charge in [-0.15, -0.1) is 12.4 Å². The molecule has 1 aliphatic rings. The minimum Gasteiger partial charge on any atom is -0.491 e. The van der Waals surface area contributed by atoms with Crippen molar-refractivity contribution in [2.45, 2.75) is 45.3 Å². The summed E-state index contributed by atoms with van der Waals surface area (Å²) in [6, 6.07) is 11.8. The minimum absolute atomic E-state index is 0. The zero-order chi connectivity index (χ0) is 18.2. The van der Waals surface area contributed by atoms with E-state index >= 15 is 0 Å². The highest BCUT2D eigenvalue weighted by Crippen LogP contribution is 2.23. The first-order valence-corrected chi connectivity index (χ1v) is 9.52. The van der Waals surface area contributed by atoms with Crippen molar-refractivity contribution >= 4 is 12.4 Å². The van der Waals surface area contributed by atoms with Gasteiger partial charge in [0.05, 0.1) is 12.3 Å². The van der Waals surface area contributed by atoms with Crippen molar-refractivity contribution in [1.82, 2.24) is 15.2 Å². The van der Waals surface area contributed by atoms with Crippen LogP contribution in [0.3, 0.4) is 0 Å². The van der Waals surface area contributed by atoms with Gasteiger partial charge in [0.1, 0.15) is 0 Å². The van der Waals surface area contributed by atoms with Gasteiger partial charge in [-0.1, -0.05) is 12.1 Å². The summed E-state index contributed by atoms with van der Waals surface area (Å²) in [5.41, 5.74) is 2.02. The molecule has 2 heterocycles. The molecule has 6 heteroatoms. The SMILES string of the molecule is CCOc1ccc(CN(Cc2ccccn2)C2CCCNCC2)cc1F.Cl.